The third kappa shape index (κ3) is 3.17. The summed E-state index contributed by atoms with van der Waals surface area (Å²) in [5.41, 5.74) is 1.65. The summed E-state index contributed by atoms with van der Waals surface area (Å²) >= 11 is 1.62. The Hall–Kier alpha value is -2.65. The zero-order valence-electron chi connectivity index (χ0n) is 12.8. The van der Waals surface area contributed by atoms with E-state index in [1.54, 1.807) is 23.6 Å². The van der Waals surface area contributed by atoms with Crippen LogP contribution in [0.5, 0.6) is 0 Å². The van der Waals surface area contributed by atoms with Gasteiger partial charge in [0.2, 0.25) is 0 Å². The van der Waals surface area contributed by atoms with Gasteiger partial charge < -0.3 is 15.0 Å². The summed E-state index contributed by atoms with van der Waals surface area (Å²) in [5, 5.41) is 12.9. The Morgan fingerprint density at radius 2 is 2.12 bits per heavy atom. The maximum absolute atomic E-state index is 12.0. The second-order valence-corrected chi connectivity index (χ2v) is 6.34. The topological polar surface area (TPSA) is 95.2 Å². The van der Waals surface area contributed by atoms with Crippen molar-refractivity contribution < 1.29 is 9.53 Å². The molecule has 0 spiro atoms. The van der Waals surface area contributed by atoms with Gasteiger partial charge in [0.15, 0.2) is 5.13 Å². The van der Waals surface area contributed by atoms with Crippen molar-refractivity contribution in [3.63, 3.8) is 0 Å². The van der Waals surface area contributed by atoms with Gasteiger partial charge in [0.1, 0.15) is 5.82 Å². The van der Waals surface area contributed by atoms with Crippen molar-refractivity contribution in [3.8, 4) is 0 Å². The first-order chi connectivity index (χ1) is 11.8. The second-order valence-electron chi connectivity index (χ2n) is 5.33. The van der Waals surface area contributed by atoms with Gasteiger partial charge in [0, 0.05) is 24.8 Å². The number of ether oxygens (including phenoxy) is 1. The number of hydrogen-bond donors (Lipinski definition) is 3. The molecule has 0 radical (unpaired) electrons. The number of benzene rings is 1. The molecule has 0 aliphatic carbocycles. The van der Waals surface area contributed by atoms with E-state index in [2.05, 4.69) is 30.7 Å². The largest absolute Gasteiger partial charge is 0.378 e. The summed E-state index contributed by atoms with van der Waals surface area (Å²) in [7, 11) is 0. The number of nitrogens with one attached hydrogen (secondary N) is 3. The molecule has 0 bridgehead atoms. The van der Waals surface area contributed by atoms with Crippen LogP contribution in [0.15, 0.2) is 30.5 Å². The van der Waals surface area contributed by atoms with Crippen LogP contribution >= 0.6 is 11.3 Å². The number of rotatable bonds is 3. The van der Waals surface area contributed by atoms with Gasteiger partial charge in [-0.05, 0) is 18.2 Å². The maximum Gasteiger partial charge on any atom is 0.324 e. The van der Waals surface area contributed by atoms with Crippen LogP contribution in [0.2, 0.25) is 0 Å². The Balaban J connectivity index is 1.49. The Bertz CT molecular complexity index is 841. The summed E-state index contributed by atoms with van der Waals surface area (Å²) in [5.74, 6) is 0.543. The molecule has 0 saturated carbocycles. The summed E-state index contributed by atoms with van der Waals surface area (Å²) in [4.78, 5) is 18.9. The Kier molecular flexibility index (Phi) is 4.01. The lowest BCUT2D eigenvalue weighted by Gasteiger charge is -2.25. The monoisotopic (exact) mass is 344 g/mol. The molecule has 1 aliphatic heterocycles. The molecular weight excluding hydrogens is 328 g/mol. The van der Waals surface area contributed by atoms with Gasteiger partial charge in [-0.1, -0.05) is 11.3 Å². The van der Waals surface area contributed by atoms with Crippen LogP contribution in [0.4, 0.5) is 21.4 Å². The van der Waals surface area contributed by atoms with Gasteiger partial charge in [0.05, 0.1) is 29.6 Å². The van der Waals surface area contributed by atoms with Crippen LogP contribution < -0.4 is 15.5 Å². The number of nitrogens with zero attached hydrogens (tertiary/aromatic N) is 3. The average Bonchev–Trinajstić information content (AvgIpc) is 3.24. The van der Waals surface area contributed by atoms with Crippen molar-refractivity contribution in [2.75, 3.05) is 41.8 Å². The molecule has 2 amide bonds. The summed E-state index contributed by atoms with van der Waals surface area (Å²) < 4.78 is 6.41. The van der Waals surface area contributed by atoms with Gasteiger partial charge in [-0.3, -0.25) is 10.4 Å². The van der Waals surface area contributed by atoms with Gasteiger partial charge >= 0.3 is 6.03 Å². The number of morpholine rings is 1. The smallest absolute Gasteiger partial charge is 0.324 e. The maximum atomic E-state index is 12.0. The lowest BCUT2D eigenvalue weighted by atomic mass is 10.3. The molecule has 3 heterocycles. The number of aromatic amines is 1. The molecule has 0 atom stereocenters. The first-order valence-electron chi connectivity index (χ1n) is 7.58. The zero-order valence-corrected chi connectivity index (χ0v) is 13.6. The van der Waals surface area contributed by atoms with Gasteiger partial charge in [-0.2, -0.15) is 5.10 Å². The van der Waals surface area contributed by atoms with Crippen LogP contribution in [0.3, 0.4) is 0 Å². The van der Waals surface area contributed by atoms with Gasteiger partial charge in [-0.15, -0.1) is 0 Å². The predicted molar refractivity (Wildman–Crippen MR) is 93.9 cm³/mol. The number of H-pyrrole nitrogens is 1. The fraction of sp³-hybridized carbons (Fsp3) is 0.267. The number of aromatic nitrogens is 3. The highest BCUT2D eigenvalue weighted by molar-refractivity contribution is 7.22. The number of anilines is 3. The number of carbonyl (C=O) groups excluding carboxylic acids is 1. The standard InChI is InChI=1S/C15H16N6O2S/c22-14(19-13-3-4-16-20-13)17-10-1-2-11-12(9-10)24-15(18-11)21-5-7-23-8-6-21/h1-4,9H,5-8H2,(H3,16,17,19,20,22). The highest BCUT2D eigenvalue weighted by atomic mass is 32.1. The molecule has 4 rings (SSSR count). The van der Waals surface area contributed by atoms with Crippen LogP contribution in [0.1, 0.15) is 0 Å². The molecule has 8 nitrogen and oxygen atoms in total. The summed E-state index contributed by atoms with van der Waals surface area (Å²) in [6.45, 7) is 3.18. The number of urea groups is 1. The Morgan fingerprint density at radius 3 is 2.92 bits per heavy atom. The van der Waals surface area contributed by atoms with Crippen LogP contribution in [0, 0.1) is 0 Å². The first kappa shape index (κ1) is 14.9. The van der Waals surface area contributed by atoms with E-state index in [9.17, 15) is 4.79 Å². The minimum atomic E-state index is -0.323. The molecule has 124 valence electrons. The van der Waals surface area contributed by atoms with Crippen molar-refractivity contribution in [2.24, 2.45) is 0 Å². The van der Waals surface area contributed by atoms with Crippen molar-refractivity contribution >= 4 is 44.2 Å². The zero-order chi connectivity index (χ0) is 16.4. The van der Waals surface area contributed by atoms with E-state index in [0.717, 1.165) is 47.3 Å². The summed E-state index contributed by atoms with van der Waals surface area (Å²) in [6, 6.07) is 7.06. The van der Waals surface area contributed by atoms with Crippen molar-refractivity contribution in [1.82, 2.24) is 15.2 Å². The molecule has 2 aromatic heterocycles. The minimum absolute atomic E-state index is 0.323. The van der Waals surface area contributed by atoms with E-state index < -0.39 is 0 Å². The molecule has 0 unspecified atom stereocenters. The first-order valence-corrected chi connectivity index (χ1v) is 8.40. The molecular formula is C15H16N6O2S. The molecule has 1 saturated heterocycles. The highest BCUT2D eigenvalue weighted by Gasteiger charge is 2.15. The fourth-order valence-corrected chi connectivity index (χ4v) is 3.55. The fourth-order valence-electron chi connectivity index (χ4n) is 2.49. The molecule has 3 N–H and O–H groups in total. The van der Waals surface area contributed by atoms with Crippen molar-refractivity contribution in [3.05, 3.63) is 30.5 Å². The SMILES string of the molecule is O=C(Nc1ccc2nc(N3CCOCC3)sc2c1)Nc1ccn[nH]1. The number of fused-ring (bicyclic) bond motifs is 1. The van der Waals surface area contributed by atoms with Gasteiger partial charge in [0.25, 0.3) is 0 Å². The van der Waals surface area contributed by atoms with E-state index >= 15 is 0 Å². The Labute approximate surface area is 141 Å². The van der Waals surface area contributed by atoms with Crippen molar-refractivity contribution in [2.45, 2.75) is 0 Å². The van der Waals surface area contributed by atoms with Crippen LogP contribution in [-0.4, -0.2) is 47.5 Å². The predicted octanol–water partition coefficient (Wildman–Crippen LogP) is 2.50. The molecule has 24 heavy (non-hydrogen) atoms. The second kappa shape index (κ2) is 6.46. The minimum Gasteiger partial charge on any atom is -0.378 e. The third-order valence-corrected chi connectivity index (χ3v) is 4.74. The van der Waals surface area contributed by atoms with E-state index in [1.165, 1.54) is 0 Å². The molecule has 1 aromatic carbocycles. The molecule has 1 fully saturated rings. The van der Waals surface area contributed by atoms with Crippen LogP contribution in [-0.2, 0) is 4.74 Å². The lowest BCUT2D eigenvalue weighted by Crippen LogP contribution is -2.36. The number of amides is 2. The van der Waals surface area contributed by atoms with Gasteiger partial charge in [-0.25, -0.2) is 9.78 Å². The van der Waals surface area contributed by atoms with E-state index in [0.29, 0.717) is 5.82 Å². The van der Waals surface area contributed by atoms with E-state index in [4.69, 9.17) is 4.74 Å². The number of carbonyl (C=O) groups is 1. The summed E-state index contributed by atoms with van der Waals surface area (Å²) in [6.07, 6.45) is 1.58. The van der Waals surface area contributed by atoms with Crippen molar-refractivity contribution in [1.29, 1.82) is 0 Å². The molecule has 3 aromatic rings. The Morgan fingerprint density at radius 1 is 1.25 bits per heavy atom. The molecule has 1 aliphatic rings. The highest BCUT2D eigenvalue weighted by Crippen LogP contribution is 2.31. The lowest BCUT2D eigenvalue weighted by molar-refractivity contribution is 0.122. The van der Waals surface area contributed by atoms with E-state index in [-0.39, 0.29) is 6.03 Å². The normalized spacial score (nSPS) is 14.8. The van der Waals surface area contributed by atoms with E-state index in [1.807, 2.05) is 18.2 Å². The average molecular weight is 344 g/mol. The quantitative estimate of drug-likeness (QED) is 0.678. The number of hydrogen-bond acceptors (Lipinski definition) is 6. The molecule has 9 heteroatoms. The number of thiazole rings is 1. The van der Waals surface area contributed by atoms with Crippen LogP contribution in [0.25, 0.3) is 10.2 Å². The third-order valence-electron chi connectivity index (χ3n) is 3.67.